The topological polar surface area (TPSA) is 17.1 Å². The van der Waals surface area contributed by atoms with Gasteiger partial charge in [0.1, 0.15) is 0 Å². The molecular weight excluding hydrogens is 289 g/mol. The number of hydrogen-bond acceptors (Lipinski definition) is 1. The van der Waals surface area contributed by atoms with Crippen molar-refractivity contribution < 1.29 is 13.6 Å². The van der Waals surface area contributed by atoms with Gasteiger partial charge in [0.2, 0.25) is 0 Å². The average Bonchev–Trinajstić information content (AvgIpc) is 2.17. The second kappa shape index (κ2) is 5.56. The van der Waals surface area contributed by atoms with E-state index in [4.69, 9.17) is 11.6 Å². The quantitative estimate of drug-likeness (QED) is 0.601. The molecule has 0 amide bonds. The molecule has 1 nitrogen and oxygen atoms in total. The van der Waals surface area contributed by atoms with E-state index in [1.165, 1.54) is 18.2 Å². The molecule has 15 heavy (non-hydrogen) atoms. The van der Waals surface area contributed by atoms with Crippen molar-refractivity contribution in [2.75, 3.05) is 5.88 Å². The molecule has 0 bridgehead atoms. The van der Waals surface area contributed by atoms with E-state index < -0.39 is 6.43 Å². The Hall–Kier alpha value is -0.480. The van der Waals surface area contributed by atoms with Crippen LogP contribution in [0.25, 0.3) is 0 Å². The van der Waals surface area contributed by atoms with Crippen LogP contribution in [0.5, 0.6) is 0 Å². The van der Waals surface area contributed by atoms with Gasteiger partial charge in [0, 0.05) is 27.9 Å². The van der Waals surface area contributed by atoms with Crippen molar-refractivity contribution in [3.8, 4) is 0 Å². The molecule has 1 rings (SSSR count). The Morgan fingerprint density at radius 1 is 1.47 bits per heavy atom. The summed E-state index contributed by atoms with van der Waals surface area (Å²) in [4.78, 5) is 11.4. The van der Waals surface area contributed by atoms with E-state index >= 15 is 0 Å². The lowest BCUT2D eigenvalue weighted by Gasteiger charge is -2.05. The minimum Gasteiger partial charge on any atom is -0.294 e. The van der Waals surface area contributed by atoms with Crippen LogP contribution < -0.4 is 0 Å². The fourth-order valence-electron chi connectivity index (χ4n) is 1.11. The number of Topliss-reactive ketones (excluding diaryl/α,β-unsaturated/α-hetero) is 1. The summed E-state index contributed by atoms with van der Waals surface area (Å²) >= 11 is 8.51. The summed E-state index contributed by atoms with van der Waals surface area (Å²) in [5.41, 5.74) is 0.282. The molecule has 1 aromatic carbocycles. The van der Waals surface area contributed by atoms with Crippen molar-refractivity contribution in [1.29, 1.82) is 0 Å². The third-order valence-corrected chi connectivity index (χ3v) is 2.71. The number of rotatable bonds is 4. The molecule has 0 N–H and O–H groups in total. The first-order valence-electron chi connectivity index (χ1n) is 4.23. The summed E-state index contributed by atoms with van der Waals surface area (Å²) in [6, 6.07) is 3.89. The second-order valence-corrected chi connectivity index (χ2v) is 4.13. The minimum absolute atomic E-state index is 0.107. The van der Waals surface area contributed by atoms with Gasteiger partial charge in [-0.3, -0.25) is 4.79 Å². The van der Waals surface area contributed by atoms with E-state index in [-0.39, 0.29) is 23.6 Å². The highest BCUT2D eigenvalue weighted by atomic mass is 79.9. The predicted octanol–water partition coefficient (Wildman–Crippen LogP) is 4.20. The van der Waals surface area contributed by atoms with Gasteiger partial charge < -0.3 is 0 Å². The lowest BCUT2D eigenvalue weighted by atomic mass is 10.1. The summed E-state index contributed by atoms with van der Waals surface area (Å²) in [5.74, 6) is 0.0692. The molecule has 0 aromatic heterocycles. The Morgan fingerprint density at radius 2 is 2.13 bits per heavy atom. The normalized spacial score (nSPS) is 10.7. The number of halogens is 4. The Kier molecular flexibility index (Phi) is 4.67. The summed E-state index contributed by atoms with van der Waals surface area (Å²) in [7, 11) is 0. The van der Waals surface area contributed by atoms with Crippen molar-refractivity contribution in [3.63, 3.8) is 0 Å². The smallest absolute Gasteiger partial charge is 0.263 e. The highest BCUT2D eigenvalue weighted by molar-refractivity contribution is 9.10. The maximum atomic E-state index is 12.3. The second-order valence-electron chi connectivity index (χ2n) is 2.90. The average molecular weight is 298 g/mol. The number of hydrogen-bond donors (Lipinski definition) is 0. The van der Waals surface area contributed by atoms with Gasteiger partial charge in [0.05, 0.1) is 0 Å². The van der Waals surface area contributed by atoms with Gasteiger partial charge in [-0.15, -0.1) is 11.6 Å². The zero-order chi connectivity index (χ0) is 11.4. The van der Waals surface area contributed by atoms with Gasteiger partial charge in [0.15, 0.2) is 5.78 Å². The zero-order valence-electron chi connectivity index (χ0n) is 7.64. The highest BCUT2D eigenvalue weighted by Crippen LogP contribution is 2.26. The maximum Gasteiger partial charge on any atom is 0.263 e. The van der Waals surface area contributed by atoms with E-state index in [1.54, 1.807) is 0 Å². The largest absolute Gasteiger partial charge is 0.294 e. The molecule has 0 atom stereocenters. The third kappa shape index (κ3) is 3.24. The Labute approximate surface area is 99.6 Å². The van der Waals surface area contributed by atoms with Gasteiger partial charge in [-0.2, -0.15) is 0 Å². The van der Waals surface area contributed by atoms with Crippen LogP contribution in [-0.2, 0) is 0 Å². The first-order chi connectivity index (χ1) is 7.06. The van der Waals surface area contributed by atoms with Crippen LogP contribution in [0.1, 0.15) is 28.8 Å². The maximum absolute atomic E-state index is 12.3. The summed E-state index contributed by atoms with van der Waals surface area (Å²) in [5, 5.41) is 0. The van der Waals surface area contributed by atoms with Crippen LogP contribution in [0.2, 0.25) is 0 Å². The monoisotopic (exact) mass is 296 g/mol. The molecule has 0 fully saturated rings. The first kappa shape index (κ1) is 12.6. The van der Waals surface area contributed by atoms with E-state index in [9.17, 15) is 13.6 Å². The van der Waals surface area contributed by atoms with Gasteiger partial charge in [0.25, 0.3) is 6.43 Å². The molecular formula is C10H8BrClF2O. The molecule has 0 heterocycles. The van der Waals surface area contributed by atoms with Crippen LogP contribution in [0.15, 0.2) is 22.7 Å². The Bertz CT molecular complexity index is 368. The van der Waals surface area contributed by atoms with E-state index in [2.05, 4.69) is 15.9 Å². The molecule has 0 aliphatic heterocycles. The summed E-state index contributed by atoms with van der Waals surface area (Å²) < 4.78 is 25.0. The van der Waals surface area contributed by atoms with Crippen molar-refractivity contribution in [3.05, 3.63) is 33.8 Å². The molecule has 0 unspecified atom stereocenters. The minimum atomic E-state index is -2.53. The molecule has 0 aliphatic rings. The number of alkyl halides is 3. The fourth-order valence-corrected chi connectivity index (χ4v) is 1.90. The van der Waals surface area contributed by atoms with E-state index in [0.717, 1.165) is 0 Å². The SMILES string of the molecule is O=C(CCCl)c1ccc(C(F)F)cc1Br. The van der Waals surface area contributed by atoms with E-state index in [1.807, 2.05) is 0 Å². The van der Waals surface area contributed by atoms with Crippen molar-refractivity contribution in [2.45, 2.75) is 12.8 Å². The van der Waals surface area contributed by atoms with Gasteiger partial charge in [-0.05, 0) is 12.1 Å². The first-order valence-corrected chi connectivity index (χ1v) is 5.55. The standard InChI is InChI=1S/C10H8BrClF2O/c11-8-5-6(10(13)14)1-2-7(8)9(15)3-4-12/h1-2,5,10H,3-4H2. The number of carbonyl (C=O) groups is 1. The number of carbonyl (C=O) groups excluding carboxylic acids is 1. The van der Waals surface area contributed by atoms with Gasteiger partial charge in [-0.25, -0.2) is 8.78 Å². The van der Waals surface area contributed by atoms with Gasteiger partial charge >= 0.3 is 0 Å². The fraction of sp³-hybridized carbons (Fsp3) is 0.300. The van der Waals surface area contributed by atoms with Crippen molar-refractivity contribution in [2.24, 2.45) is 0 Å². The number of ketones is 1. The summed E-state index contributed by atoms with van der Waals surface area (Å²) in [6.45, 7) is 0. The highest BCUT2D eigenvalue weighted by Gasteiger charge is 2.13. The molecule has 5 heteroatoms. The predicted molar refractivity (Wildman–Crippen MR) is 58.8 cm³/mol. The Morgan fingerprint density at radius 3 is 2.60 bits per heavy atom. The molecule has 0 saturated heterocycles. The molecule has 82 valence electrons. The summed E-state index contributed by atoms with van der Waals surface area (Å²) in [6.07, 6.45) is -2.33. The van der Waals surface area contributed by atoms with Crippen molar-refractivity contribution in [1.82, 2.24) is 0 Å². The van der Waals surface area contributed by atoms with Crippen LogP contribution >= 0.6 is 27.5 Å². The lowest BCUT2D eigenvalue weighted by Crippen LogP contribution is -2.01. The van der Waals surface area contributed by atoms with Crippen molar-refractivity contribution >= 4 is 33.3 Å². The zero-order valence-corrected chi connectivity index (χ0v) is 9.99. The van der Waals surface area contributed by atoms with Crippen LogP contribution in [-0.4, -0.2) is 11.7 Å². The third-order valence-electron chi connectivity index (χ3n) is 1.87. The molecule has 0 radical (unpaired) electrons. The van der Waals surface area contributed by atoms with E-state index in [0.29, 0.717) is 10.0 Å². The Balaban J connectivity index is 2.98. The number of benzene rings is 1. The molecule has 1 aromatic rings. The molecule has 0 saturated carbocycles. The molecule has 0 aliphatic carbocycles. The van der Waals surface area contributed by atoms with Gasteiger partial charge in [-0.1, -0.05) is 22.0 Å². The lowest BCUT2D eigenvalue weighted by molar-refractivity contribution is 0.0988. The molecule has 0 spiro atoms. The van der Waals surface area contributed by atoms with Crippen LogP contribution in [0, 0.1) is 0 Å². The van der Waals surface area contributed by atoms with Crippen LogP contribution in [0.3, 0.4) is 0 Å². The van der Waals surface area contributed by atoms with Crippen LogP contribution in [0.4, 0.5) is 8.78 Å².